The topological polar surface area (TPSA) is 45.0 Å². The summed E-state index contributed by atoms with van der Waals surface area (Å²) in [6, 6.07) is 0. The predicted octanol–water partition coefficient (Wildman–Crippen LogP) is 1.30. The molecule has 0 bridgehead atoms. The lowest BCUT2D eigenvalue weighted by Gasteiger charge is -2.02. The van der Waals surface area contributed by atoms with Gasteiger partial charge in [0.2, 0.25) is 0 Å². The van der Waals surface area contributed by atoms with E-state index in [4.69, 9.17) is 5.11 Å². The smallest absolute Gasteiger partial charge is 0.186 e. The molecule has 0 radical (unpaired) electrons. The van der Waals surface area contributed by atoms with E-state index in [9.17, 15) is 0 Å². The van der Waals surface area contributed by atoms with E-state index in [0.717, 1.165) is 0 Å². The Hall–Kier alpha value is -0.610. The molecule has 0 spiro atoms. The number of nitrogens with zero attached hydrogens (tertiary/aromatic N) is 2. The summed E-state index contributed by atoms with van der Waals surface area (Å²) in [6.45, 7) is 8.48. The summed E-state index contributed by atoms with van der Waals surface area (Å²) < 4.78 is 0. The fourth-order valence-electron chi connectivity index (χ4n) is 0.362. The van der Waals surface area contributed by atoms with E-state index in [1.807, 2.05) is 6.26 Å². The summed E-state index contributed by atoms with van der Waals surface area (Å²) in [6.07, 6.45) is 1.21. The van der Waals surface area contributed by atoms with Gasteiger partial charge in [0, 0.05) is 0 Å². The number of aliphatic imine (C=N–C) groups is 2. The number of hydrogen-bond donors (Lipinski definition) is 1. The van der Waals surface area contributed by atoms with Crippen LogP contribution in [0, 0.1) is 0 Å². The average molecular weight is 172 g/mol. The number of aliphatic hydroxyl groups is 1. The lowest BCUT2D eigenvalue weighted by atomic mass is 10.3. The molecular weight excluding hydrogens is 160 g/mol. The van der Waals surface area contributed by atoms with E-state index in [1.165, 1.54) is 11.8 Å². The Bertz CT molecular complexity index is 187. The Morgan fingerprint density at radius 1 is 1.64 bits per heavy atom. The minimum absolute atomic E-state index is 0.404. The van der Waals surface area contributed by atoms with E-state index >= 15 is 0 Å². The molecule has 3 nitrogen and oxygen atoms in total. The molecule has 11 heavy (non-hydrogen) atoms. The van der Waals surface area contributed by atoms with E-state index in [0.29, 0.717) is 10.9 Å². The molecule has 0 aliphatic heterocycles. The van der Waals surface area contributed by atoms with E-state index < -0.39 is 6.10 Å². The summed E-state index contributed by atoms with van der Waals surface area (Å²) >= 11 is 1.36. The van der Waals surface area contributed by atoms with Crippen LogP contribution in [0.5, 0.6) is 0 Å². The molecule has 0 fully saturated rings. The van der Waals surface area contributed by atoms with Crippen molar-refractivity contribution in [3.63, 3.8) is 0 Å². The Morgan fingerprint density at radius 2 is 2.18 bits per heavy atom. The molecule has 62 valence electrons. The largest absolute Gasteiger partial charge is 0.387 e. The Labute approximate surface area is 70.9 Å². The van der Waals surface area contributed by atoms with E-state index in [1.54, 1.807) is 6.92 Å². The van der Waals surface area contributed by atoms with Crippen molar-refractivity contribution in [1.29, 1.82) is 0 Å². The quantitative estimate of drug-likeness (QED) is 0.504. The van der Waals surface area contributed by atoms with Crippen LogP contribution in [0.25, 0.3) is 0 Å². The van der Waals surface area contributed by atoms with Gasteiger partial charge in [0.15, 0.2) is 5.17 Å². The summed E-state index contributed by atoms with van der Waals surface area (Å²) in [5, 5.41) is 9.51. The predicted molar refractivity (Wildman–Crippen MR) is 51.3 cm³/mol. The van der Waals surface area contributed by atoms with Gasteiger partial charge in [-0.25, -0.2) is 9.98 Å². The van der Waals surface area contributed by atoms with Crippen molar-refractivity contribution < 1.29 is 5.11 Å². The summed E-state index contributed by atoms with van der Waals surface area (Å²) in [5.41, 5.74) is 0.404. The molecule has 0 aromatic carbocycles. The van der Waals surface area contributed by atoms with Gasteiger partial charge in [-0.3, -0.25) is 0 Å². The zero-order valence-electron chi connectivity index (χ0n) is 6.74. The van der Waals surface area contributed by atoms with Gasteiger partial charge in [-0.1, -0.05) is 18.3 Å². The Morgan fingerprint density at radius 3 is 2.45 bits per heavy atom. The number of thioether (sulfide) groups is 1. The first-order valence-electron chi connectivity index (χ1n) is 3.08. The second-order valence-corrected chi connectivity index (χ2v) is 2.70. The average Bonchev–Trinajstić information content (AvgIpc) is 1.99. The highest BCUT2D eigenvalue weighted by molar-refractivity contribution is 8.13. The van der Waals surface area contributed by atoms with Crippen LogP contribution >= 0.6 is 11.8 Å². The minimum Gasteiger partial charge on any atom is -0.387 e. The van der Waals surface area contributed by atoms with Crippen LogP contribution in [-0.4, -0.2) is 29.4 Å². The van der Waals surface area contributed by atoms with Gasteiger partial charge in [0.05, 0.1) is 11.8 Å². The molecule has 0 rings (SSSR count). The van der Waals surface area contributed by atoms with Crippen molar-refractivity contribution in [1.82, 2.24) is 0 Å². The van der Waals surface area contributed by atoms with Crippen molar-refractivity contribution in [2.45, 2.75) is 13.0 Å². The summed E-state index contributed by atoms with van der Waals surface area (Å²) in [7, 11) is 0. The van der Waals surface area contributed by atoms with Crippen molar-refractivity contribution in [3.05, 3.63) is 12.3 Å². The first-order chi connectivity index (χ1) is 5.11. The lowest BCUT2D eigenvalue weighted by Crippen LogP contribution is -2.02. The molecule has 1 N–H and O–H groups in total. The SMILES string of the molecule is C=NC(=NC(=C)C(C)O)SC. The first-order valence-corrected chi connectivity index (χ1v) is 4.30. The third-order valence-electron chi connectivity index (χ3n) is 1.04. The zero-order chi connectivity index (χ0) is 8.85. The molecule has 0 saturated carbocycles. The highest BCUT2D eigenvalue weighted by Crippen LogP contribution is 2.06. The van der Waals surface area contributed by atoms with Crippen LogP contribution < -0.4 is 0 Å². The van der Waals surface area contributed by atoms with Gasteiger partial charge in [0.25, 0.3) is 0 Å². The van der Waals surface area contributed by atoms with Crippen LogP contribution in [0.2, 0.25) is 0 Å². The Kier molecular flexibility index (Phi) is 4.81. The molecule has 0 aliphatic carbocycles. The van der Waals surface area contributed by atoms with Crippen molar-refractivity contribution in [3.8, 4) is 0 Å². The normalized spacial score (nSPS) is 14.3. The maximum absolute atomic E-state index is 8.98. The van der Waals surface area contributed by atoms with Crippen LogP contribution in [0.1, 0.15) is 6.92 Å². The van der Waals surface area contributed by atoms with Crippen LogP contribution in [0.3, 0.4) is 0 Å². The molecule has 0 aliphatic rings. The maximum Gasteiger partial charge on any atom is 0.186 e. The maximum atomic E-state index is 8.98. The van der Waals surface area contributed by atoms with Gasteiger partial charge in [0.1, 0.15) is 0 Å². The molecule has 4 heteroatoms. The van der Waals surface area contributed by atoms with Gasteiger partial charge >= 0.3 is 0 Å². The number of aliphatic hydroxyl groups excluding tert-OH is 1. The number of hydrogen-bond acceptors (Lipinski definition) is 3. The molecule has 1 atom stereocenters. The molecule has 0 amide bonds. The lowest BCUT2D eigenvalue weighted by molar-refractivity contribution is 0.231. The van der Waals surface area contributed by atoms with Gasteiger partial charge in [-0.2, -0.15) is 0 Å². The highest BCUT2D eigenvalue weighted by Gasteiger charge is 2.00. The second kappa shape index (κ2) is 5.09. The molecule has 0 saturated heterocycles. The molecular formula is C7H12N2OS. The summed E-state index contributed by atoms with van der Waals surface area (Å²) in [5.74, 6) is 0. The van der Waals surface area contributed by atoms with Gasteiger partial charge in [-0.05, 0) is 19.9 Å². The molecule has 0 heterocycles. The van der Waals surface area contributed by atoms with Crippen LogP contribution in [0.15, 0.2) is 22.3 Å². The fourth-order valence-corrected chi connectivity index (χ4v) is 0.699. The van der Waals surface area contributed by atoms with Crippen molar-refractivity contribution in [2.24, 2.45) is 9.98 Å². The monoisotopic (exact) mass is 172 g/mol. The third-order valence-corrected chi connectivity index (χ3v) is 1.62. The van der Waals surface area contributed by atoms with Gasteiger partial charge < -0.3 is 5.11 Å². The van der Waals surface area contributed by atoms with Crippen molar-refractivity contribution in [2.75, 3.05) is 6.26 Å². The van der Waals surface area contributed by atoms with Crippen LogP contribution in [0.4, 0.5) is 0 Å². The molecule has 0 aromatic heterocycles. The zero-order valence-corrected chi connectivity index (χ0v) is 7.56. The van der Waals surface area contributed by atoms with Gasteiger partial charge in [-0.15, -0.1) is 0 Å². The van der Waals surface area contributed by atoms with E-state index in [2.05, 4.69) is 23.3 Å². The van der Waals surface area contributed by atoms with Crippen molar-refractivity contribution >= 4 is 23.6 Å². The van der Waals surface area contributed by atoms with Crippen LogP contribution in [-0.2, 0) is 0 Å². The third kappa shape index (κ3) is 3.95. The number of rotatable bonds is 2. The highest BCUT2D eigenvalue weighted by atomic mass is 32.2. The number of amidine groups is 1. The van der Waals surface area contributed by atoms with E-state index in [-0.39, 0.29) is 0 Å². The Balaban J connectivity index is 4.26. The molecule has 0 aromatic rings. The molecule has 1 unspecified atom stereocenters. The summed E-state index contributed by atoms with van der Waals surface area (Å²) in [4.78, 5) is 7.54. The standard InChI is InChI=1S/C7H12N2OS/c1-5(6(2)10)9-7(8-3)11-4/h6,10H,1,3H2,2,4H3. The minimum atomic E-state index is -0.626. The second-order valence-electron chi connectivity index (χ2n) is 1.92. The fraction of sp³-hybridized carbons (Fsp3) is 0.429. The first kappa shape index (κ1) is 10.4.